The summed E-state index contributed by atoms with van der Waals surface area (Å²) in [5.74, 6) is 1.53. The third-order valence-corrected chi connectivity index (χ3v) is 3.52. The summed E-state index contributed by atoms with van der Waals surface area (Å²) in [5.41, 5.74) is 0.850. The second kappa shape index (κ2) is 8.66. The number of hydrogen-bond acceptors (Lipinski definition) is 3. The standard InChI is InChI=1S/C15H17Cl2NO2.ClH/c1-2-13(9-19)18-8-14-3-4-15(20-14)10-5-11(16)7-12(17)6-10;/h3-7,13,18-19H,2,8-9H2,1H3;1H. The topological polar surface area (TPSA) is 45.4 Å². The SMILES string of the molecule is CCC(CO)NCc1ccc(-c2cc(Cl)cc(Cl)c2)o1.Cl. The lowest BCUT2D eigenvalue weighted by Crippen LogP contribution is -2.30. The summed E-state index contributed by atoms with van der Waals surface area (Å²) in [4.78, 5) is 0. The van der Waals surface area contributed by atoms with Crippen molar-refractivity contribution in [2.75, 3.05) is 6.61 Å². The molecular weight excluding hydrogens is 333 g/mol. The van der Waals surface area contributed by atoms with Crippen LogP contribution in [0.1, 0.15) is 19.1 Å². The minimum absolute atomic E-state index is 0. The maximum atomic E-state index is 9.13. The molecule has 2 aromatic rings. The van der Waals surface area contributed by atoms with E-state index in [1.165, 1.54) is 0 Å². The molecule has 0 radical (unpaired) electrons. The van der Waals surface area contributed by atoms with Crippen molar-refractivity contribution < 1.29 is 9.52 Å². The van der Waals surface area contributed by atoms with Crippen LogP contribution < -0.4 is 5.32 Å². The van der Waals surface area contributed by atoms with Gasteiger partial charge in [0.2, 0.25) is 0 Å². The van der Waals surface area contributed by atoms with Crippen LogP contribution in [0.3, 0.4) is 0 Å². The summed E-state index contributed by atoms with van der Waals surface area (Å²) in [5, 5.41) is 13.5. The molecule has 21 heavy (non-hydrogen) atoms. The summed E-state index contributed by atoms with van der Waals surface area (Å²) in [6.45, 7) is 2.72. The summed E-state index contributed by atoms with van der Waals surface area (Å²) in [7, 11) is 0. The summed E-state index contributed by atoms with van der Waals surface area (Å²) < 4.78 is 5.76. The summed E-state index contributed by atoms with van der Waals surface area (Å²) >= 11 is 12.0. The van der Waals surface area contributed by atoms with E-state index in [1.54, 1.807) is 6.07 Å². The average molecular weight is 351 g/mol. The number of furan rings is 1. The van der Waals surface area contributed by atoms with Gasteiger partial charge in [-0.1, -0.05) is 30.1 Å². The van der Waals surface area contributed by atoms with Crippen LogP contribution in [0.15, 0.2) is 34.7 Å². The zero-order valence-electron chi connectivity index (χ0n) is 11.6. The second-order valence-corrected chi connectivity index (χ2v) is 5.47. The van der Waals surface area contributed by atoms with E-state index in [4.69, 9.17) is 32.7 Å². The number of aliphatic hydroxyl groups is 1. The molecule has 0 aliphatic heterocycles. The van der Waals surface area contributed by atoms with E-state index in [9.17, 15) is 0 Å². The molecule has 1 aromatic heterocycles. The number of benzene rings is 1. The molecule has 0 amide bonds. The van der Waals surface area contributed by atoms with Crippen LogP contribution in [0.5, 0.6) is 0 Å². The van der Waals surface area contributed by atoms with Crippen molar-refractivity contribution in [1.29, 1.82) is 0 Å². The third kappa shape index (κ3) is 5.20. The minimum Gasteiger partial charge on any atom is -0.460 e. The van der Waals surface area contributed by atoms with E-state index in [-0.39, 0.29) is 25.1 Å². The predicted molar refractivity (Wildman–Crippen MR) is 89.4 cm³/mol. The number of aliphatic hydroxyl groups excluding tert-OH is 1. The summed E-state index contributed by atoms with van der Waals surface area (Å²) in [6.07, 6.45) is 0.869. The molecule has 1 aromatic carbocycles. The van der Waals surface area contributed by atoms with Gasteiger partial charge in [-0.15, -0.1) is 12.4 Å². The van der Waals surface area contributed by atoms with Gasteiger partial charge in [0.15, 0.2) is 0 Å². The van der Waals surface area contributed by atoms with Crippen LogP contribution in [-0.2, 0) is 6.54 Å². The fourth-order valence-electron chi connectivity index (χ4n) is 1.91. The van der Waals surface area contributed by atoms with Gasteiger partial charge in [0, 0.05) is 21.7 Å². The molecule has 0 bridgehead atoms. The first-order valence-corrected chi connectivity index (χ1v) is 7.27. The van der Waals surface area contributed by atoms with E-state index in [0.717, 1.165) is 23.5 Å². The van der Waals surface area contributed by atoms with E-state index in [1.807, 2.05) is 31.2 Å². The van der Waals surface area contributed by atoms with Gasteiger partial charge >= 0.3 is 0 Å². The Hall–Kier alpha value is -0.710. The van der Waals surface area contributed by atoms with Crippen LogP contribution in [0, 0.1) is 0 Å². The van der Waals surface area contributed by atoms with Crippen LogP contribution in [-0.4, -0.2) is 17.8 Å². The highest BCUT2D eigenvalue weighted by atomic mass is 35.5. The molecule has 116 valence electrons. The molecule has 3 nitrogen and oxygen atoms in total. The maximum Gasteiger partial charge on any atom is 0.134 e. The van der Waals surface area contributed by atoms with Crippen LogP contribution >= 0.6 is 35.6 Å². The first-order valence-electron chi connectivity index (χ1n) is 6.51. The number of hydrogen-bond donors (Lipinski definition) is 2. The molecule has 0 spiro atoms. The molecule has 2 rings (SSSR count). The fraction of sp³-hybridized carbons (Fsp3) is 0.333. The van der Waals surface area contributed by atoms with Crippen LogP contribution in [0.2, 0.25) is 10.0 Å². The van der Waals surface area contributed by atoms with Crippen molar-refractivity contribution in [2.45, 2.75) is 25.9 Å². The molecule has 6 heteroatoms. The molecule has 0 saturated heterocycles. The van der Waals surface area contributed by atoms with Gasteiger partial charge in [0.25, 0.3) is 0 Å². The Balaban J connectivity index is 0.00000220. The lowest BCUT2D eigenvalue weighted by atomic mass is 10.2. The van der Waals surface area contributed by atoms with Crippen molar-refractivity contribution in [3.63, 3.8) is 0 Å². The van der Waals surface area contributed by atoms with E-state index < -0.39 is 0 Å². The Labute approximate surface area is 140 Å². The van der Waals surface area contributed by atoms with Crippen LogP contribution in [0.4, 0.5) is 0 Å². The normalized spacial score (nSPS) is 12.0. The average Bonchev–Trinajstić information content (AvgIpc) is 2.88. The Morgan fingerprint density at radius 3 is 2.43 bits per heavy atom. The molecule has 1 heterocycles. The molecule has 1 atom stereocenters. The number of nitrogens with one attached hydrogen (secondary N) is 1. The van der Waals surface area contributed by atoms with Gasteiger partial charge in [-0.3, -0.25) is 0 Å². The first-order chi connectivity index (χ1) is 9.62. The quantitative estimate of drug-likeness (QED) is 0.804. The third-order valence-electron chi connectivity index (χ3n) is 3.09. The Kier molecular flexibility index (Phi) is 7.57. The van der Waals surface area contributed by atoms with Crippen molar-refractivity contribution in [3.05, 3.63) is 46.1 Å². The molecule has 0 fully saturated rings. The largest absolute Gasteiger partial charge is 0.460 e. The monoisotopic (exact) mass is 349 g/mol. The van der Waals surface area contributed by atoms with Gasteiger partial charge < -0.3 is 14.8 Å². The highest BCUT2D eigenvalue weighted by molar-refractivity contribution is 6.35. The minimum atomic E-state index is 0. The van der Waals surface area contributed by atoms with Gasteiger partial charge in [-0.2, -0.15) is 0 Å². The second-order valence-electron chi connectivity index (χ2n) is 4.59. The molecule has 2 N–H and O–H groups in total. The highest BCUT2D eigenvalue weighted by Gasteiger charge is 2.09. The van der Waals surface area contributed by atoms with Gasteiger partial charge in [-0.05, 0) is 36.8 Å². The van der Waals surface area contributed by atoms with E-state index in [2.05, 4.69) is 5.32 Å². The zero-order chi connectivity index (χ0) is 14.5. The van der Waals surface area contributed by atoms with Crippen molar-refractivity contribution in [3.8, 4) is 11.3 Å². The van der Waals surface area contributed by atoms with Crippen molar-refractivity contribution in [2.24, 2.45) is 0 Å². The smallest absolute Gasteiger partial charge is 0.134 e. The predicted octanol–water partition coefficient (Wildman–Crippen LogP) is 4.54. The van der Waals surface area contributed by atoms with Crippen molar-refractivity contribution in [1.82, 2.24) is 5.32 Å². The Morgan fingerprint density at radius 1 is 1.19 bits per heavy atom. The van der Waals surface area contributed by atoms with E-state index >= 15 is 0 Å². The van der Waals surface area contributed by atoms with Crippen molar-refractivity contribution >= 4 is 35.6 Å². The molecule has 0 aliphatic carbocycles. The lowest BCUT2D eigenvalue weighted by Gasteiger charge is -2.12. The summed E-state index contributed by atoms with van der Waals surface area (Å²) in [6, 6.07) is 9.19. The molecule has 0 aliphatic rings. The Morgan fingerprint density at radius 2 is 1.86 bits per heavy atom. The van der Waals surface area contributed by atoms with Gasteiger partial charge in [0.05, 0.1) is 13.2 Å². The lowest BCUT2D eigenvalue weighted by molar-refractivity contribution is 0.235. The Bertz CT molecular complexity index is 548. The molecule has 1 unspecified atom stereocenters. The van der Waals surface area contributed by atoms with E-state index in [0.29, 0.717) is 16.6 Å². The van der Waals surface area contributed by atoms with Crippen LogP contribution in [0.25, 0.3) is 11.3 Å². The highest BCUT2D eigenvalue weighted by Crippen LogP contribution is 2.28. The zero-order valence-corrected chi connectivity index (χ0v) is 13.9. The number of halogens is 3. The number of rotatable bonds is 6. The van der Waals surface area contributed by atoms with Gasteiger partial charge in [-0.25, -0.2) is 0 Å². The first kappa shape index (κ1) is 18.3. The fourth-order valence-corrected chi connectivity index (χ4v) is 2.43. The molecular formula is C15H18Cl3NO2. The maximum absolute atomic E-state index is 9.13. The molecule has 0 saturated carbocycles. The van der Waals surface area contributed by atoms with Gasteiger partial charge in [0.1, 0.15) is 11.5 Å².